The van der Waals surface area contributed by atoms with Gasteiger partial charge in [-0.25, -0.2) is 0 Å². The van der Waals surface area contributed by atoms with E-state index in [4.69, 9.17) is 0 Å². The number of piperidine rings is 1. The van der Waals surface area contributed by atoms with E-state index in [1.54, 1.807) is 4.90 Å². The highest BCUT2D eigenvalue weighted by Gasteiger charge is 2.37. The fourth-order valence-corrected chi connectivity index (χ4v) is 4.89. The highest BCUT2D eigenvalue weighted by molar-refractivity contribution is 7.12. The molecule has 1 atom stereocenters. The van der Waals surface area contributed by atoms with Gasteiger partial charge in [-0.3, -0.25) is 14.4 Å². The van der Waals surface area contributed by atoms with Crippen molar-refractivity contribution in [1.82, 2.24) is 9.80 Å². The Morgan fingerprint density at radius 2 is 1.90 bits per heavy atom. The van der Waals surface area contributed by atoms with Gasteiger partial charge in [-0.1, -0.05) is 19.1 Å². The van der Waals surface area contributed by atoms with E-state index in [0.29, 0.717) is 24.3 Å². The molecular formula is C23H27N3O3S. The summed E-state index contributed by atoms with van der Waals surface area (Å²) in [7, 11) is 0. The third-order valence-corrected chi connectivity index (χ3v) is 6.74. The smallest absolute Gasteiger partial charge is 0.264 e. The summed E-state index contributed by atoms with van der Waals surface area (Å²) in [5, 5.41) is 4.76. The molecule has 1 fully saturated rings. The molecule has 1 N–H and O–H groups in total. The molecule has 3 amide bonds. The molecule has 6 nitrogen and oxygen atoms in total. The Morgan fingerprint density at radius 3 is 2.60 bits per heavy atom. The third-order valence-electron chi connectivity index (χ3n) is 5.89. The standard InChI is InChI=1S/C23H27N3O3S/c1-2-21(27)24-18-9-8-16-14-19(22(28)25-10-4-3-5-11-25)26(15-17(16)13-18)23(29)20-7-6-12-30-20/h6-9,12-13,19H,2-5,10-11,14-15H2,1H3,(H,24,27)/t19-/m1/s1. The van der Waals surface area contributed by atoms with Gasteiger partial charge < -0.3 is 15.1 Å². The average Bonchev–Trinajstić information content (AvgIpc) is 3.32. The molecule has 0 unspecified atom stereocenters. The first-order valence-electron chi connectivity index (χ1n) is 10.6. The quantitative estimate of drug-likeness (QED) is 0.812. The first kappa shape index (κ1) is 20.6. The summed E-state index contributed by atoms with van der Waals surface area (Å²) < 4.78 is 0. The maximum atomic E-state index is 13.4. The lowest BCUT2D eigenvalue weighted by atomic mass is 9.92. The molecule has 3 heterocycles. The summed E-state index contributed by atoms with van der Waals surface area (Å²) in [6, 6.07) is 8.97. The summed E-state index contributed by atoms with van der Waals surface area (Å²) in [6.07, 6.45) is 4.11. The maximum absolute atomic E-state index is 13.4. The third kappa shape index (κ3) is 4.26. The average molecular weight is 426 g/mol. The van der Waals surface area contributed by atoms with Crippen LogP contribution in [-0.2, 0) is 22.6 Å². The first-order chi connectivity index (χ1) is 14.6. The highest BCUT2D eigenvalue weighted by Crippen LogP contribution is 2.30. The van der Waals surface area contributed by atoms with Crippen LogP contribution in [0.3, 0.4) is 0 Å². The number of likely N-dealkylation sites (tertiary alicyclic amines) is 1. The molecule has 2 aliphatic heterocycles. The van der Waals surface area contributed by atoms with Crippen LogP contribution in [0.2, 0.25) is 0 Å². The number of nitrogens with zero attached hydrogens (tertiary/aromatic N) is 2. The molecule has 0 aliphatic carbocycles. The van der Waals surface area contributed by atoms with Crippen LogP contribution in [0.5, 0.6) is 0 Å². The topological polar surface area (TPSA) is 69.7 Å². The molecular weight excluding hydrogens is 398 g/mol. The highest BCUT2D eigenvalue weighted by atomic mass is 32.1. The monoisotopic (exact) mass is 425 g/mol. The zero-order valence-electron chi connectivity index (χ0n) is 17.2. The van der Waals surface area contributed by atoms with E-state index in [2.05, 4.69) is 5.32 Å². The number of hydrogen-bond donors (Lipinski definition) is 1. The van der Waals surface area contributed by atoms with Crippen molar-refractivity contribution < 1.29 is 14.4 Å². The van der Waals surface area contributed by atoms with Gasteiger partial charge in [0.1, 0.15) is 6.04 Å². The van der Waals surface area contributed by atoms with Crippen LogP contribution in [0.4, 0.5) is 5.69 Å². The SMILES string of the molecule is CCC(=O)Nc1ccc2c(c1)CN(C(=O)c1cccs1)[C@@H](C(=O)N1CCCCC1)C2. The number of rotatable bonds is 4. The molecule has 0 saturated carbocycles. The minimum Gasteiger partial charge on any atom is -0.341 e. The number of carbonyl (C=O) groups is 3. The predicted octanol–water partition coefficient (Wildman–Crippen LogP) is 3.68. The Morgan fingerprint density at radius 1 is 1.10 bits per heavy atom. The summed E-state index contributed by atoms with van der Waals surface area (Å²) in [4.78, 5) is 42.7. The van der Waals surface area contributed by atoms with Gasteiger partial charge in [-0.15, -0.1) is 11.3 Å². The number of amides is 3. The van der Waals surface area contributed by atoms with Crippen molar-refractivity contribution in [2.75, 3.05) is 18.4 Å². The zero-order valence-corrected chi connectivity index (χ0v) is 18.0. The van der Waals surface area contributed by atoms with Gasteiger partial charge in [0.25, 0.3) is 5.91 Å². The van der Waals surface area contributed by atoms with E-state index < -0.39 is 6.04 Å². The Balaban J connectivity index is 1.64. The molecule has 2 aliphatic rings. The lowest BCUT2D eigenvalue weighted by Crippen LogP contribution is -2.54. The van der Waals surface area contributed by atoms with E-state index in [0.717, 1.165) is 49.2 Å². The lowest BCUT2D eigenvalue weighted by Gasteiger charge is -2.39. The van der Waals surface area contributed by atoms with E-state index >= 15 is 0 Å². The number of nitrogens with one attached hydrogen (secondary N) is 1. The lowest BCUT2D eigenvalue weighted by molar-refractivity contribution is -0.137. The molecule has 7 heteroatoms. The number of fused-ring (bicyclic) bond motifs is 1. The second-order valence-electron chi connectivity index (χ2n) is 7.90. The molecule has 0 spiro atoms. The summed E-state index contributed by atoms with van der Waals surface area (Å²) in [5.41, 5.74) is 2.77. The van der Waals surface area contributed by atoms with Gasteiger partial charge >= 0.3 is 0 Å². The van der Waals surface area contributed by atoms with Crippen molar-refractivity contribution in [2.45, 2.75) is 51.6 Å². The molecule has 1 saturated heterocycles. The largest absolute Gasteiger partial charge is 0.341 e. The number of hydrogen-bond acceptors (Lipinski definition) is 4. The van der Waals surface area contributed by atoms with Gasteiger partial charge in [-0.05, 0) is 54.0 Å². The fraction of sp³-hybridized carbons (Fsp3) is 0.435. The van der Waals surface area contributed by atoms with Crippen LogP contribution in [0.1, 0.15) is 53.4 Å². The van der Waals surface area contributed by atoms with Crippen LogP contribution >= 0.6 is 11.3 Å². The molecule has 0 radical (unpaired) electrons. The Kier molecular flexibility index (Phi) is 6.18. The van der Waals surface area contributed by atoms with Crippen LogP contribution in [-0.4, -0.2) is 46.7 Å². The van der Waals surface area contributed by atoms with Gasteiger partial charge in [0.2, 0.25) is 11.8 Å². The number of anilines is 1. The van der Waals surface area contributed by atoms with Gasteiger partial charge in [0.05, 0.1) is 4.88 Å². The van der Waals surface area contributed by atoms with Gasteiger partial charge in [-0.2, -0.15) is 0 Å². The van der Waals surface area contributed by atoms with E-state index in [-0.39, 0.29) is 17.7 Å². The second-order valence-corrected chi connectivity index (χ2v) is 8.85. The zero-order chi connectivity index (χ0) is 21.1. The van der Waals surface area contributed by atoms with E-state index in [1.165, 1.54) is 11.3 Å². The van der Waals surface area contributed by atoms with Crippen molar-refractivity contribution in [3.8, 4) is 0 Å². The predicted molar refractivity (Wildman–Crippen MR) is 117 cm³/mol. The van der Waals surface area contributed by atoms with Gasteiger partial charge in [0, 0.05) is 38.2 Å². The van der Waals surface area contributed by atoms with Crippen molar-refractivity contribution in [3.63, 3.8) is 0 Å². The summed E-state index contributed by atoms with van der Waals surface area (Å²) in [6.45, 7) is 3.72. The van der Waals surface area contributed by atoms with Gasteiger partial charge in [0.15, 0.2) is 0 Å². The molecule has 0 bridgehead atoms. The fourth-order valence-electron chi connectivity index (χ4n) is 4.21. The minimum absolute atomic E-state index is 0.0459. The molecule has 2 aromatic rings. The Labute approximate surface area is 180 Å². The normalized spacial score (nSPS) is 18.6. The number of thiophene rings is 1. The van der Waals surface area contributed by atoms with Crippen molar-refractivity contribution in [1.29, 1.82) is 0 Å². The molecule has 158 valence electrons. The number of benzene rings is 1. The summed E-state index contributed by atoms with van der Waals surface area (Å²) in [5.74, 6) is -0.0990. The van der Waals surface area contributed by atoms with Crippen LogP contribution in [0.25, 0.3) is 0 Å². The minimum atomic E-state index is -0.485. The molecule has 1 aromatic heterocycles. The van der Waals surface area contributed by atoms with Crippen LogP contribution < -0.4 is 5.32 Å². The van der Waals surface area contributed by atoms with Crippen molar-refractivity contribution in [3.05, 3.63) is 51.7 Å². The van der Waals surface area contributed by atoms with Crippen molar-refractivity contribution in [2.24, 2.45) is 0 Å². The molecule has 1 aromatic carbocycles. The number of carbonyl (C=O) groups excluding carboxylic acids is 3. The van der Waals surface area contributed by atoms with Crippen LogP contribution in [0.15, 0.2) is 35.7 Å². The molecule has 4 rings (SSSR count). The second kappa shape index (κ2) is 9.00. The Hall–Kier alpha value is -2.67. The van der Waals surface area contributed by atoms with Crippen LogP contribution in [0, 0.1) is 0 Å². The summed E-state index contributed by atoms with van der Waals surface area (Å²) >= 11 is 1.40. The first-order valence-corrected chi connectivity index (χ1v) is 11.5. The maximum Gasteiger partial charge on any atom is 0.264 e. The Bertz CT molecular complexity index is 935. The van der Waals surface area contributed by atoms with Crippen molar-refractivity contribution >= 4 is 34.7 Å². The molecule has 30 heavy (non-hydrogen) atoms. The van der Waals surface area contributed by atoms with E-state index in [1.807, 2.05) is 47.5 Å². The van der Waals surface area contributed by atoms with E-state index in [9.17, 15) is 14.4 Å².